The number of benzene rings is 2. The number of aromatic nitrogens is 2. The third-order valence-electron chi connectivity index (χ3n) is 7.46. The van der Waals surface area contributed by atoms with E-state index in [1.165, 1.54) is 30.5 Å². The number of ether oxygens (including phenoxy) is 1. The van der Waals surface area contributed by atoms with E-state index in [-0.39, 0.29) is 34.9 Å². The molecule has 4 N–H and O–H groups in total. The van der Waals surface area contributed by atoms with Crippen LogP contribution in [0.15, 0.2) is 36.7 Å². The highest BCUT2D eigenvalue weighted by atomic mass is 35.5. The predicted molar refractivity (Wildman–Crippen MR) is 171 cm³/mol. The number of carbonyl (C=O) groups is 3. The zero-order chi connectivity index (χ0) is 31.5. The Morgan fingerprint density at radius 3 is 2.50 bits per heavy atom. The Morgan fingerprint density at radius 2 is 1.86 bits per heavy atom. The molecule has 0 radical (unpaired) electrons. The molecule has 11 nitrogen and oxygen atoms in total. The molecule has 2 aromatic carbocycles. The minimum atomic E-state index is -0.835. The zero-order valence-electron chi connectivity index (χ0n) is 25.5. The summed E-state index contributed by atoms with van der Waals surface area (Å²) in [5, 5.41) is 12.4. The maximum atomic E-state index is 14.5. The Labute approximate surface area is 267 Å². The van der Waals surface area contributed by atoms with Crippen LogP contribution in [0.4, 0.5) is 21.6 Å². The van der Waals surface area contributed by atoms with Crippen molar-refractivity contribution in [2.45, 2.75) is 58.7 Å². The fraction of sp³-hybridized carbons (Fsp3) is 0.433. The first-order valence-electron chi connectivity index (χ1n) is 14.0. The predicted octanol–water partition coefficient (Wildman–Crippen LogP) is 4.66. The number of nitrogens with zero attached hydrogens (tertiary/aromatic N) is 3. The average Bonchev–Trinajstić information content (AvgIpc) is 3.46. The number of methoxy groups -OCH3 is 1. The van der Waals surface area contributed by atoms with Gasteiger partial charge in [-0.3, -0.25) is 14.4 Å². The normalized spacial score (nSPS) is 16.1. The summed E-state index contributed by atoms with van der Waals surface area (Å²) in [6, 6.07) is 5.43. The van der Waals surface area contributed by atoms with E-state index in [1.807, 2.05) is 20.8 Å². The third kappa shape index (κ3) is 7.66. The van der Waals surface area contributed by atoms with Gasteiger partial charge in [-0.2, -0.15) is 0 Å². The summed E-state index contributed by atoms with van der Waals surface area (Å²) in [5.74, 6) is -0.931. The third-order valence-corrected chi connectivity index (χ3v) is 7.70. The van der Waals surface area contributed by atoms with Gasteiger partial charge in [0.15, 0.2) is 0 Å². The smallest absolute Gasteiger partial charge is 0.247 e. The molecule has 0 aliphatic carbocycles. The van der Waals surface area contributed by atoms with Crippen LogP contribution in [0.2, 0.25) is 5.02 Å². The number of likely N-dealkylation sites (N-methyl/N-ethyl adjacent to an activating group) is 1. The molecular formula is C30H38Cl2FN7O4. The maximum Gasteiger partial charge on any atom is 0.247 e. The van der Waals surface area contributed by atoms with Gasteiger partial charge in [-0.1, -0.05) is 32.4 Å². The molecule has 0 saturated carbocycles. The summed E-state index contributed by atoms with van der Waals surface area (Å²) in [6.45, 7) is 7.70. The van der Waals surface area contributed by atoms with Crippen LogP contribution in [-0.4, -0.2) is 71.4 Å². The summed E-state index contributed by atoms with van der Waals surface area (Å²) in [7, 11) is 3.13. The van der Waals surface area contributed by atoms with Crippen LogP contribution in [0.1, 0.15) is 40.5 Å². The molecule has 1 fully saturated rings. The van der Waals surface area contributed by atoms with Crippen molar-refractivity contribution in [1.29, 1.82) is 0 Å². The molecule has 3 aromatic rings. The SMILES string of the molecule is CN[C@@H](C)C(=O)N[C@H](C(=O)N1CCCC1C(=O)Nc1cc2c(Nc3ccc(Cl)cc3F)ncnc2cc1OC)C(C)(C)C.Cl. The number of halogens is 3. The van der Waals surface area contributed by atoms with Crippen molar-refractivity contribution in [3.8, 4) is 5.75 Å². The van der Waals surface area contributed by atoms with Crippen molar-refractivity contribution < 1.29 is 23.5 Å². The molecule has 44 heavy (non-hydrogen) atoms. The van der Waals surface area contributed by atoms with E-state index in [2.05, 4.69) is 31.2 Å². The maximum absolute atomic E-state index is 14.5. The number of amides is 3. The topological polar surface area (TPSA) is 138 Å². The molecule has 3 atom stereocenters. The molecule has 14 heteroatoms. The molecule has 0 spiro atoms. The van der Waals surface area contributed by atoms with Gasteiger partial charge in [-0.05, 0) is 56.5 Å². The van der Waals surface area contributed by atoms with Gasteiger partial charge >= 0.3 is 0 Å². The second-order valence-corrected chi connectivity index (χ2v) is 12.0. The van der Waals surface area contributed by atoms with Crippen molar-refractivity contribution in [1.82, 2.24) is 25.5 Å². The Kier molecular flexibility index (Phi) is 11.3. The molecule has 1 unspecified atom stereocenters. The van der Waals surface area contributed by atoms with Crippen molar-refractivity contribution >= 4 is 69.8 Å². The zero-order valence-corrected chi connectivity index (χ0v) is 27.0. The molecule has 238 valence electrons. The lowest BCUT2D eigenvalue weighted by Crippen LogP contribution is -2.59. The average molecular weight is 651 g/mol. The number of rotatable bonds is 9. The molecule has 4 rings (SSSR count). The summed E-state index contributed by atoms with van der Waals surface area (Å²) >= 11 is 5.89. The molecule has 1 saturated heterocycles. The van der Waals surface area contributed by atoms with Crippen LogP contribution in [0.25, 0.3) is 10.9 Å². The van der Waals surface area contributed by atoms with Crippen molar-refractivity contribution in [2.24, 2.45) is 5.41 Å². The largest absolute Gasteiger partial charge is 0.494 e. The summed E-state index contributed by atoms with van der Waals surface area (Å²) in [5.41, 5.74) is 0.393. The Morgan fingerprint density at radius 1 is 1.14 bits per heavy atom. The van der Waals surface area contributed by atoms with Gasteiger partial charge in [0.05, 0.1) is 30.0 Å². The molecule has 0 bridgehead atoms. The Bertz CT molecular complexity index is 1540. The lowest BCUT2D eigenvalue weighted by molar-refractivity contribution is -0.143. The van der Waals surface area contributed by atoms with Crippen LogP contribution in [0.5, 0.6) is 5.75 Å². The van der Waals surface area contributed by atoms with E-state index in [4.69, 9.17) is 16.3 Å². The summed E-state index contributed by atoms with van der Waals surface area (Å²) in [4.78, 5) is 50.2. The van der Waals surface area contributed by atoms with Gasteiger partial charge in [0.1, 0.15) is 35.8 Å². The van der Waals surface area contributed by atoms with E-state index in [0.29, 0.717) is 47.5 Å². The lowest BCUT2D eigenvalue weighted by atomic mass is 9.85. The summed E-state index contributed by atoms with van der Waals surface area (Å²) in [6.07, 6.45) is 2.42. The van der Waals surface area contributed by atoms with Gasteiger partial charge in [-0.25, -0.2) is 14.4 Å². The van der Waals surface area contributed by atoms with Crippen LogP contribution in [0.3, 0.4) is 0 Å². The molecule has 1 aliphatic rings. The fourth-order valence-corrected chi connectivity index (χ4v) is 5.06. The molecular weight excluding hydrogens is 612 g/mol. The van der Waals surface area contributed by atoms with Gasteiger partial charge in [0, 0.05) is 23.0 Å². The highest BCUT2D eigenvalue weighted by molar-refractivity contribution is 6.30. The van der Waals surface area contributed by atoms with Gasteiger partial charge in [0.2, 0.25) is 17.7 Å². The lowest BCUT2D eigenvalue weighted by Gasteiger charge is -2.36. The number of hydrogen-bond acceptors (Lipinski definition) is 8. The Balaban J connectivity index is 0.00000529. The van der Waals surface area contributed by atoms with Crippen LogP contribution < -0.4 is 26.0 Å². The quantitative estimate of drug-likeness (QED) is 0.263. The van der Waals surface area contributed by atoms with Gasteiger partial charge < -0.3 is 30.9 Å². The number of anilines is 3. The number of nitrogens with one attached hydrogen (secondary N) is 4. The van der Waals surface area contributed by atoms with Crippen molar-refractivity contribution in [2.75, 3.05) is 31.3 Å². The number of likely N-dealkylation sites (tertiary alicyclic amines) is 1. The van der Waals surface area contributed by atoms with Crippen molar-refractivity contribution in [3.63, 3.8) is 0 Å². The minimum Gasteiger partial charge on any atom is -0.494 e. The Hall–Kier alpha value is -3.74. The van der Waals surface area contributed by atoms with Gasteiger partial charge in [0.25, 0.3) is 0 Å². The highest BCUT2D eigenvalue weighted by Gasteiger charge is 2.42. The first kappa shape index (κ1) is 34.7. The number of hydrogen-bond donors (Lipinski definition) is 4. The van der Waals surface area contributed by atoms with Crippen LogP contribution in [-0.2, 0) is 14.4 Å². The highest BCUT2D eigenvalue weighted by Crippen LogP contribution is 2.35. The van der Waals surface area contributed by atoms with Crippen LogP contribution in [0, 0.1) is 11.2 Å². The van der Waals surface area contributed by atoms with Gasteiger partial charge in [-0.15, -0.1) is 12.4 Å². The molecule has 1 aromatic heterocycles. The van der Waals surface area contributed by atoms with E-state index in [1.54, 1.807) is 32.2 Å². The van der Waals surface area contributed by atoms with E-state index in [0.717, 1.165) is 0 Å². The fourth-order valence-electron chi connectivity index (χ4n) is 4.90. The molecule has 1 aliphatic heterocycles. The van der Waals surface area contributed by atoms with E-state index < -0.39 is 35.3 Å². The first-order chi connectivity index (χ1) is 20.3. The minimum absolute atomic E-state index is 0. The van der Waals surface area contributed by atoms with Crippen LogP contribution >= 0.6 is 24.0 Å². The second kappa shape index (κ2) is 14.4. The number of fused-ring (bicyclic) bond motifs is 1. The molecule has 2 heterocycles. The second-order valence-electron chi connectivity index (χ2n) is 11.5. The summed E-state index contributed by atoms with van der Waals surface area (Å²) < 4.78 is 20.1. The van der Waals surface area contributed by atoms with E-state index >= 15 is 0 Å². The van der Waals surface area contributed by atoms with Crippen molar-refractivity contribution in [3.05, 3.63) is 47.5 Å². The standard InChI is InChI=1S/C30H37ClFN7O4.ClH/c1-16(33-5)27(40)38-25(30(2,3)4)29(42)39-11-7-8-23(39)28(41)37-22-13-18-21(14-24(22)43-6)34-15-35-26(18)36-20-10-9-17(31)12-19(20)32;/h9-10,12-16,23,25,33H,7-8,11H2,1-6H3,(H,37,41)(H,38,40)(H,34,35,36);1H/t16-,23?,25+;/m0./s1. The first-order valence-corrected chi connectivity index (χ1v) is 14.4. The number of carbonyl (C=O) groups excluding carboxylic acids is 3. The van der Waals surface area contributed by atoms with E-state index in [9.17, 15) is 18.8 Å². The molecule has 3 amide bonds. The monoisotopic (exact) mass is 649 g/mol.